The second-order valence-electron chi connectivity index (χ2n) is 7.90. The first-order valence-electron chi connectivity index (χ1n) is 10.8. The number of benzene rings is 2. The number of nitrogens with zero attached hydrogens (tertiary/aromatic N) is 4. The number of aromatic hydroxyl groups is 1. The number of anilines is 2. The third kappa shape index (κ3) is 4.87. The molecule has 1 aliphatic rings. The summed E-state index contributed by atoms with van der Waals surface area (Å²) in [6, 6.07) is 17.4. The fourth-order valence-electron chi connectivity index (χ4n) is 3.84. The number of hydrogen-bond donors (Lipinski definition) is 3. The average molecular weight is 505 g/mol. The van der Waals surface area contributed by atoms with Gasteiger partial charge in [0.05, 0.1) is 17.5 Å². The van der Waals surface area contributed by atoms with Crippen LogP contribution in [0.5, 0.6) is 5.75 Å². The smallest absolute Gasteiger partial charge is 0.255 e. The summed E-state index contributed by atoms with van der Waals surface area (Å²) in [7, 11) is 0. The fourth-order valence-corrected chi connectivity index (χ4v) is 4.96. The number of thioether (sulfide) groups is 1. The van der Waals surface area contributed by atoms with Gasteiger partial charge >= 0.3 is 0 Å². The van der Waals surface area contributed by atoms with Gasteiger partial charge in [-0.2, -0.15) is 4.98 Å². The summed E-state index contributed by atoms with van der Waals surface area (Å²) in [5.74, 6) is 0.987. The Morgan fingerprint density at radius 1 is 1.17 bits per heavy atom. The third-order valence-corrected chi connectivity index (χ3v) is 6.78. The van der Waals surface area contributed by atoms with Crippen molar-refractivity contribution in [1.82, 2.24) is 19.7 Å². The van der Waals surface area contributed by atoms with Gasteiger partial charge < -0.3 is 15.7 Å². The quantitative estimate of drug-likeness (QED) is 0.308. The number of pyridine rings is 1. The number of phenols is 1. The van der Waals surface area contributed by atoms with Crippen molar-refractivity contribution in [1.29, 1.82) is 0 Å². The Labute approximate surface area is 211 Å². The van der Waals surface area contributed by atoms with Crippen molar-refractivity contribution in [3.8, 4) is 5.75 Å². The molecule has 1 atom stereocenters. The number of hydrogen-bond acceptors (Lipinski definition) is 7. The molecule has 8 nitrogen and oxygen atoms in total. The molecule has 4 aromatic rings. The van der Waals surface area contributed by atoms with Crippen LogP contribution in [-0.2, 0) is 10.5 Å². The summed E-state index contributed by atoms with van der Waals surface area (Å²) in [6.45, 7) is 1.83. The lowest BCUT2D eigenvalue weighted by molar-refractivity contribution is -0.113. The van der Waals surface area contributed by atoms with Gasteiger partial charge in [-0.3, -0.25) is 9.78 Å². The van der Waals surface area contributed by atoms with E-state index in [1.54, 1.807) is 53.5 Å². The van der Waals surface area contributed by atoms with Crippen LogP contribution in [0.4, 0.5) is 11.6 Å². The van der Waals surface area contributed by atoms with Crippen LogP contribution in [0.15, 0.2) is 89.5 Å². The van der Waals surface area contributed by atoms with Gasteiger partial charge in [0.1, 0.15) is 11.8 Å². The Hall–Kier alpha value is -3.82. The van der Waals surface area contributed by atoms with Gasteiger partial charge in [-0.05, 0) is 48.4 Å². The number of rotatable bonds is 6. The Bertz CT molecular complexity index is 1410. The maximum Gasteiger partial charge on any atom is 0.255 e. The average Bonchev–Trinajstić information content (AvgIpc) is 3.26. The lowest BCUT2D eigenvalue weighted by atomic mass is 9.95. The predicted molar refractivity (Wildman–Crippen MR) is 136 cm³/mol. The monoisotopic (exact) mass is 504 g/mol. The van der Waals surface area contributed by atoms with E-state index in [0.29, 0.717) is 38.8 Å². The van der Waals surface area contributed by atoms with Gasteiger partial charge in [0.2, 0.25) is 11.1 Å². The minimum absolute atomic E-state index is 0.138. The van der Waals surface area contributed by atoms with E-state index in [9.17, 15) is 9.90 Å². The lowest BCUT2D eigenvalue weighted by Crippen LogP contribution is -2.31. The Balaban J connectivity index is 1.49. The summed E-state index contributed by atoms with van der Waals surface area (Å²) < 4.78 is 1.70. The highest BCUT2D eigenvalue weighted by Crippen LogP contribution is 2.37. The predicted octanol–water partition coefficient (Wildman–Crippen LogP) is 5.25. The van der Waals surface area contributed by atoms with Crippen molar-refractivity contribution in [2.24, 2.45) is 0 Å². The van der Waals surface area contributed by atoms with Crippen LogP contribution in [0, 0.1) is 0 Å². The number of carbonyl (C=O) groups excluding carboxylic acids is 1. The van der Waals surface area contributed by atoms with Gasteiger partial charge in [-0.15, -0.1) is 5.10 Å². The number of amides is 1. The maximum absolute atomic E-state index is 13.4. The van der Waals surface area contributed by atoms with E-state index >= 15 is 0 Å². The van der Waals surface area contributed by atoms with Crippen LogP contribution < -0.4 is 10.6 Å². The molecule has 0 unspecified atom stereocenters. The van der Waals surface area contributed by atoms with E-state index in [4.69, 9.17) is 16.7 Å². The Morgan fingerprint density at radius 3 is 2.71 bits per heavy atom. The zero-order valence-electron chi connectivity index (χ0n) is 18.6. The molecule has 2 aromatic carbocycles. The first-order chi connectivity index (χ1) is 17.0. The highest BCUT2D eigenvalue weighted by atomic mass is 35.5. The summed E-state index contributed by atoms with van der Waals surface area (Å²) in [4.78, 5) is 22.1. The van der Waals surface area contributed by atoms with Crippen molar-refractivity contribution >= 4 is 40.9 Å². The summed E-state index contributed by atoms with van der Waals surface area (Å²) >= 11 is 7.76. The van der Waals surface area contributed by atoms with Gasteiger partial charge in [-0.25, -0.2) is 4.68 Å². The van der Waals surface area contributed by atoms with Crippen LogP contribution in [0.25, 0.3) is 0 Å². The molecule has 35 heavy (non-hydrogen) atoms. The maximum atomic E-state index is 13.4. The zero-order valence-corrected chi connectivity index (χ0v) is 20.2. The highest BCUT2D eigenvalue weighted by Gasteiger charge is 2.34. The summed E-state index contributed by atoms with van der Waals surface area (Å²) in [5.41, 5.74) is 3.50. The molecule has 0 saturated heterocycles. The highest BCUT2D eigenvalue weighted by molar-refractivity contribution is 7.98. The number of aromatic nitrogens is 4. The third-order valence-electron chi connectivity index (χ3n) is 5.52. The largest absolute Gasteiger partial charge is 0.508 e. The minimum Gasteiger partial charge on any atom is -0.508 e. The van der Waals surface area contributed by atoms with Crippen LogP contribution in [0.3, 0.4) is 0 Å². The molecule has 176 valence electrons. The van der Waals surface area contributed by atoms with Crippen LogP contribution in [0.2, 0.25) is 5.02 Å². The lowest BCUT2D eigenvalue weighted by Gasteiger charge is -2.28. The summed E-state index contributed by atoms with van der Waals surface area (Å²) in [5, 5.41) is 21.9. The molecule has 0 spiro atoms. The summed E-state index contributed by atoms with van der Waals surface area (Å²) in [6.07, 6.45) is 3.23. The van der Waals surface area contributed by atoms with E-state index in [1.807, 2.05) is 31.2 Å². The number of fused-ring (bicyclic) bond motifs is 1. The topological polar surface area (TPSA) is 105 Å². The first-order valence-corrected chi connectivity index (χ1v) is 12.2. The van der Waals surface area contributed by atoms with E-state index in [1.165, 1.54) is 11.8 Å². The van der Waals surface area contributed by atoms with Gasteiger partial charge in [0, 0.05) is 22.7 Å². The van der Waals surface area contributed by atoms with Gasteiger partial charge in [0.15, 0.2) is 0 Å². The normalized spacial score (nSPS) is 14.9. The molecule has 3 N–H and O–H groups in total. The molecule has 0 bridgehead atoms. The first kappa shape index (κ1) is 22.9. The Morgan fingerprint density at radius 2 is 1.97 bits per heavy atom. The van der Waals surface area contributed by atoms with E-state index in [0.717, 1.165) is 11.1 Å². The molecule has 0 aliphatic carbocycles. The molecule has 1 aliphatic heterocycles. The van der Waals surface area contributed by atoms with Crippen molar-refractivity contribution in [2.75, 3.05) is 10.6 Å². The van der Waals surface area contributed by atoms with Crippen molar-refractivity contribution in [2.45, 2.75) is 23.9 Å². The van der Waals surface area contributed by atoms with Crippen LogP contribution in [0.1, 0.15) is 24.1 Å². The number of nitrogens with one attached hydrogen (secondary N) is 2. The fraction of sp³-hybridized carbons (Fsp3) is 0.120. The molecule has 10 heteroatoms. The Kier molecular flexibility index (Phi) is 6.43. The molecule has 0 saturated carbocycles. The van der Waals surface area contributed by atoms with E-state index < -0.39 is 6.04 Å². The molecule has 1 amide bonds. The van der Waals surface area contributed by atoms with E-state index in [2.05, 4.69) is 20.6 Å². The van der Waals surface area contributed by atoms with Gasteiger partial charge in [-0.1, -0.05) is 53.7 Å². The minimum atomic E-state index is -0.550. The van der Waals surface area contributed by atoms with Crippen LogP contribution in [-0.4, -0.2) is 30.8 Å². The standard InChI is InChI=1S/C25H21ClN6O2S/c1-15-21(23(34)29-18-6-4-12-27-13-18)22(16-8-10-19(33)11-9-16)32-24(28-15)30-25(31-32)35-14-17-5-2-3-7-20(17)26/h2-13,22,33H,14H2,1H3,(H,29,34)(H,28,30,31)/t22-/m1/s1. The number of carbonyl (C=O) groups is 1. The number of halogens is 1. The SMILES string of the molecule is CC1=C(C(=O)Nc2cccnc2)[C@@H](c2ccc(O)cc2)n2nc(SCc3ccccc3Cl)nc2N1. The second kappa shape index (κ2) is 9.81. The molecule has 2 aromatic heterocycles. The molecule has 0 fully saturated rings. The van der Waals surface area contributed by atoms with Crippen molar-refractivity contribution < 1.29 is 9.90 Å². The molecule has 3 heterocycles. The molecule has 0 radical (unpaired) electrons. The number of allylic oxidation sites excluding steroid dienone is 1. The van der Waals surface area contributed by atoms with E-state index in [-0.39, 0.29) is 11.7 Å². The van der Waals surface area contributed by atoms with Crippen molar-refractivity contribution in [3.05, 3.63) is 100 Å². The number of phenolic OH excluding ortho intramolecular Hbond substituents is 1. The molecule has 5 rings (SSSR count). The zero-order chi connectivity index (χ0) is 24.4. The molecular weight excluding hydrogens is 484 g/mol. The van der Waals surface area contributed by atoms with Crippen LogP contribution >= 0.6 is 23.4 Å². The molecular formula is C25H21ClN6O2S. The van der Waals surface area contributed by atoms with Gasteiger partial charge in [0.25, 0.3) is 5.91 Å². The second-order valence-corrected chi connectivity index (χ2v) is 9.25. The van der Waals surface area contributed by atoms with Crippen molar-refractivity contribution in [3.63, 3.8) is 0 Å².